The van der Waals surface area contributed by atoms with Crippen molar-refractivity contribution in [3.05, 3.63) is 79.6 Å². The van der Waals surface area contributed by atoms with Gasteiger partial charge >= 0.3 is 0 Å². The molecule has 0 saturated heterocycles. The number of nitrogens with zero attached hydrogens (tertiary/aromatic N) is 3. The van der Waals surface area contributed by atoms with Crippen molar-refractivity contribution in [3.8, 4) is 0 Å². The van der Waals surface area contributed by atoms with E-state index in [4.69, 9.17) is 35.4 Å². The third-order valence-electron chi connectivity index (χ3n) is 4.27. The van der Waals surface area contributed by atoms with E-state index in [1.807, 2.05) is 30.7 Å². The van der Waals surface area contributed by atoms with Gasteiger partial charge in [-0.1, -0.05) is 29.3 Å². The second kappa shape index (κ2) is 8.77. The third kappa shape index (κ3) is 5.03. The number of hydrogen-bond acceptors (Lipinski definition) is 4. The zero-order valence-electron chi connectivity index (χ0n) is 15.6. The highest BCUT2D eigenvalue weighted by molar-refractivity contribution is 7.80. The molecule has 1 aromatic heterocycles. The van der Waals surface area contributed by atoms with E-state index in [1.54, 1.807) is 18.2 Å². The molecule has 0 saturated carbocycles. The Morgan fingerprint density at radius 2 is 1.83 bits per heavy atom. The summed E-state index contributed by atoms with van der Waals surface area (Å²) < 4.78 is 1.85. The van der Waals surface area contributed by atoms with E-state index in [-0.39, 0.29) is 5.69 Å². The monoisotopic (exact) mass is 449 g/mol. The Labute approximate surface area is 182 Å². The van der Waals surface area contributed by atoms with Gasteiger partial charge in [0.1, 0.15) is 0 Å². The van der Waals surface area contributed by atoms with Crippen molar-refractivity contribution in [2.45, 2.75) is 20.4 Å². The molecular weight excluding hydrogens is 433 g/mol. The Kier molecular flexibility index (Phi) is 6.36. The summed E-state index contributed by atoms with van der Waals surface area (Å²) in [5.74, 6) is 0. The first-order chi connectivity index (χ1) is 13.7. The summed E-state index contributed by atoms with van der Waals surface area (Å²) in [7, 11) is 0. The summed E-state index contributed by atoms with van der Waals surface area (Å²) in [6.07, 6.45) is 0. The van der Waals surface area contributed by atoms with Gasteiger partial charge in [-0.3, -0.25) is 14.8 Å². The van der Waals surface area contributed by atoms with Crippen LogP contribution in [0.5, 0.6) is 0 Å². The van der Waals surface area contributed by atoms with Crippen LogP contribution in [0.15, 0.2) is 42.5 Å². The maximum atomic E-state index is 10.7. The molecule has 150 valence electrons. The van der Waals surface area contributed by atoms with Crippen molar-refractivity contribution < 1.29 is 4.92 Å². The van der Waals surface area contributed by atoms with Crippen LogP contribution in [0.3, 0.4) is 0 Å². The smallest absolute Gasteiger partial charge is 0.269 e. The zero-order valence-corrected chi connectivity index (χ0v) is 17.9. The van der Waals surface area contributed by atoms with E-state index >= 15 is 0 Å². The van der Waals surface area contributed by atoms with E-state index in [9.17, 15) is 10.1 Å². The number of halogens is 2. The van der Waals surface area contributed by atoms with Crippen LogP contribution in [0, 0.1) is 24.0 Å². The number of nitrogens with one attached hydrogen (secondary N) is 2. The van der Waals surface area contributed by atoms with Crippen LogP contribution in [-0.4, -0.2) is 19.8 Å². The summed E-state index contributed by atoms with van der Waals surface area (Å²) in [5, 5.41) is 22.8. The molecule has 0 bridgehead atoms. The molecule has 10 heteroatoms. The maximum Gasteiger partial charge on any atom is 0.269 e. The fraction of sp³-hybridized carbons (Fsp3) is 0.158. The van der Waals surface area contributed by atoms with Crippen molar-refractivity contribution in [2.75, 3.05) is 10.6 Å². The van der Waals surface area contributed by atoms with Crippen LogP contribution < -0.4 is 10.6 Å². The molecule has 0 fully saturated rings. The largest absolute Gasteiger partial charge is 0.332 e. The number of nitro benzene ring substituents is 1. The Morgan fingerprint density at radius 1 is 1.14 bits per heavy atom. The zero-order chi connectivity index (χ0) is 21.1. The molecule has 7 nitrogen and oxygen atoms in total. The number of benzene rings is 2. The highest BCUT2D eigenvalue weighted by Gasteiger charge is 2.14. The van der Waals surface area contributed by atoms with Crippen LogP contribution in [0.1, 0.15) is 17.0 Å². The molecule has 0 aliphatic heterocycles. The van der Waals surface area contributed by atoms with Crippen LogP contribution in [0.25, 0.3) is 0 Å². The van der Waals surface area contributed by atoms with Gasteiger partial charge in [-0.05, 0) is 55.9 Å². The van der Waals surface area contributed by atoms with Crippen LogP contribution in [0.2, 0.25) is 10.0 Å². The standard InChI is InChI=1S/C19H17Cl2N5O2S/c1-11-18(23-19(29)22-14-4-6-15(7-5-14)26(27)28)12(2)25(24-11)10-13-3-8-16(20)17(21)9-13/h3-9H,10H2,1-2H3,(H2,22,23,29). The van der Waals surface area contributed by atoms with E-state index in [0.717, 1.165) is 22.6 Å². The van der Waals surface area contributed by atoms with Gasteiger partial charge in [-0.25, -0.2) is 0 Å². The van der Waals surface area contributed by atoms with Gasteiger partial charge in [0, 0.05) is 17.8 Å². The Balaban J connectivity index is 1.71. The molecule has 2 N–H and O–H groups in total. The van der Waals surface area contributed by atoms with E-state index in [2.05, 4.69) is 15.7 Å². The van der Waals surface area contributed by atoms with E-state index < -0.39 is 4.92 Å². The van der Waals surface area contributed by atoms with Gasteiger partial charge < -0.3 is 10.6 Å². The van der Waals surface area contributed by atoms with Gasteiger partial charge in [0.05, 0.1) is 38.6 Å². The molecule has 2 aromatic carbocycles. The molecule has 29 heavy (non-hydrogen) atoms. The Morgan fingerprint density at radius 3 is 2.45 bits per heavy atom. The van der Waals surface area contributed by atoms with Crippen molar-refractivity contribution in [1.29, 1.82) is 0 Å². The minimum absolute atomic E-state index is 0.0182. The molecule has 3 rings (SSSR count). The maximum absolute atomic E-state index is 10.7. The highest BCUT2D eigenvalue weighted by Crippen LogP contribution is 2.25. The lowest BCUT2D eigenvalue weighted by molar-refractivity contribution is -0.384. The third-order valence-corrected chi connectivity index (χ3v) is 5.22. The number of hydrogen-bond donors (Lipinski definition) is 2. The van der Waals surface area contributed by atoms with E-state index in [1.165, 1.54) is 12.1 Å². The fourth-order valence-electron chi connectivity index (χ4n) is 2.79. The lowest BCUT2D eigenvalue weighted by atomic mass is 10.2. The first-order valence-electron chi connectivity index (χ1n) is 8.55. The van der Waals surface area contributed by atoms with Gasteiger partial charge in [-0.15, -0.1) is 0 Å². The van der Waals surface area contributed by atoms with Gasteiger partial charge in [0.15, 0.2) is 5.11 Å². The number of anilines is 2. The minimum atomic E-state index is -0.449. The SMILES string of the molecule is Cc1nn(Cc2ccc(Cl)c(Cl)c2)c(C)c1NC(=S)Nc1ccc([N+](=O)[O-])cc1. The van der Waals surface area contributed by atoms with Crippen molar-refractivity contribution in [3.63, 3.8) is 0 Å². The number of aromatic nitrogens is 2. The second-order valence-electron chi connectivity index (χ2n) is 6.34. The van der Waals surface area contributed by atoms with Crippen molar-refractivity contribution in [1.82, 2.24) is 9.78 Å². The van der Waals surface area contributed by atoms with Gasteiger partial charge in [0.25, 0.3) is 5.69 Å². The number of thiocarbonyl (C=S) groups is 1. The van der Waals surface area contributed by atoms with Crippen molar-refractivity contribution >= 4 is 57.6 Å². The van der Waals surface area contributed by atoms with E-state index in [0.29, 0.717) is 27.4 Å². The molecule has 0 aliphatic carbocycles. The summed E-state index contributed by atoms with van der Waals surface area (Å²) in [6, 6.07) is 11.5. The van der Waals surface area contributed by atoms with Gasteiger partial charge in [-0.2, -0.15) is 5.10 Å². The quantitative estimate of drug-likeness (QED) is 0.300. The minimum Gasteiger partial charge on any atom is -0.332 e. The number of aryl methyl sites for hydroxylation is 1. The fourth-order valence-corrected chi connectivity index (χ4v) is 3.33. The summed E-state index contributed by atoms with van der Waals surface area (Å²) >= 11 is 17.4. The van der Waals surface area contributed by atoms with Crippen LogP contribution in [-0.2, 0) is 6.54 Å². The molecule has 1 heterocycles. The summed E-state index contributed by atoms with van der Waals surface area (Å²) in [5.41, 5.74) is 4.13. The normalized spacial score (nSPS) is 10.6. The molecule has 0 atom stereocenters. The molecule has 0 unspecified atom stereocenters. The number of nitro groups is 1. The predicted molar refractivity (Wildman–Crippen MR) is 120 cm³/mol. The number of rotatable bonds is 5. The summed E-state index contributed by atoms with van der Waals surface area (Å²) in [4.78, 5) is 10.3. The number of non-ortho nitro benzene ring substituents is 1. The highest BCUT2D eigenvalue weighted by atomic mass is 35.5. The average Bonchev–Trinajstić information content (AvgIpc) is 2.92. The Bertz CT molecular complexity index is 1080. The van der Waals surface area contributed by atoms with Gasteiger partial charge in [0.2, 0.25) is 0 Å². The van der Waals surface area contributed by atoms with Crippen LogP contribution >= 0.6 is 35.4 Å². The molecular formula is C19H17Cl2N5O2S. The first kappa shape index (κ1) is 21.0. The lowest BCUT2D eigenvalue weighted by Crippen LogP contribution is -2.20. The molecule has 0 amide bonds. The van der Waals surface area contributed by atoms with Crippen LogP contribution in [0.4, 0.5) is 17.1 Å². The lowest BCUT2D eigenvalue weighted by Gasteiger charge is -2.11. The molecule has 0 aliphatic rings. The molecule has 0 radical (unpaired) electrons. The first-order valence-corrected chi connectivity index (χ1v) is 9.71. The molecule has 3 aromatic rings. The molecule has 0 spiro atoms. The van der Waals surface area contributed by atoms with Crippen molar-refractivity contribution in [2.24, 2.45) is 0 Å². The predicted octanol–water partition coefficient (Wildman–Crippen LogP) is 5.57. The Hall–Kier alpha value is -2.68. The topological polar surface area (TPSA) is 85.0 Å². The summed E-state index contributed by atoms with van der Waals surface area (Å²) in [6.45, 7) is 4.36. The second-order valence-corrected chi connectivity index (χ2v) is 7.56. The average molecular weight is 450 g/mol.